The van der Waals surface area contributed by atoms with Gasteiger partial charge in [-0.2, -0.15) is 0 Å². The lowest BCUT2D eigenvalue weighted by Crippen LogP contribution is -2.20. The van der Waals surface area contributed by atoms with Crippen molar-refractivity contribution < 1.29 is 10.2 Å². The Morgan fingerprint density at radius 1 is 0.909 bits per heavy atom. The zero-order valence-corrected chi connectivity index (χ0v) is 15.9. The van der Waals surface area contributed by atoms with E-state index in [1.807, 2.05) is 32.0 Å². The number of aromatic hydroxyl groups is 2. The topological polar surface area (TPSA) is 40.5 Å². The average Bonchev–Trinajstić information content (AvgIpc) is 2.46. The first-order valence-electron chi connectivity index (χ1n) is 7.51. The van der Waals surface area contributed by atoms with E-state index >= 15 is 0 Å². The Labute approximate surface area is 146 Å². The van der Waals surface area contributed by atoms with Crippen molar-refractivity contribution in [1.29, 1.82) is 0 Å². The summed E-state index contributed by atoms with van der Waals surface area (Å²) in [5.74, 6) is 0.759. The number of phenols is 2. The fourth-order valence-corrected chi connectivity index (χ4v) is 3.45. The van der Waals surface area contributed by atoms with Gasteiger partial charge in [0, 0.05) is 5.41 Å². The number of phenolic OH excluding ortho intramolecular Hbond substituents is 2. The standard InChI is InChI=1S/C19H23IO2/c1-6-13-9-15(10-16(20)18(13)22)19(4,5)14-7-11(2)17(21)12(3)8-14/h7-10,21-22H,6H2,1-5H3. The first-order valence-corrected chi connectivity index (χ1v) is 8.59. The van der Waals surface area contributed by atoms with Crippen LogP contribution >= 0.6 is 22.6 Å². The van der Waals surface area contributed by atoms with Crippen LogP contribution in [0.15, 0.2) is 24.3 Å². The summed E-state index contributed by atoms with van der Waals surface area (Å²) < 4.78 is 0.882. The summed E-state index contributed by atoms with van der Waals surface area (Å²) >= 11 is 2.19. The van der Waals surface area contributed by atoms with Crippen molar-refractivity contribution in [2.24, 2.45) is 0 Å². The van der Waals surface area contributed by atoms with Crippen LogP contribution in [0.3, 0.4) is 0 Å². The lowest BCUT2D eigenvalue weighted by molar-refractivity contribution is 0.463. The second-order valence-electron chi connectivity index (χ2n) is 6.40. The highest BCUT2D eigenvalue weighted by molar-refractivity contribution is 14.1. The molecule has 0 saturated carbocycles. The molecule has 2 aromatic rings. The third-order valence-electron chi connectivity index (χ3n) is 4.46. The molecule has 118 valence electrons. The SMILES string of the molecule is CCc1cc(C(C)(C)c2cc(C)c(O)c(C)c2)cc(I)c1O. The van der Waals surface area contributed by atoms with E-state index in [-0.39, 0.29) is 5.41 Å². The summed E-state index contributed by atoms with van der Waals surface area (Å²) in [4.78, 5) is 0. The third-order valence-corrected chi connectivity index (χ3v) is 5.28. The van der Waals surface area contributed by atoms with Crippen molar-refractivity contribution in [3.05, 3.63) is 55.7 Å². The minimum atomic E-state index is -0.194. The molecule has 2 rings (SSSR count). The molecular weight excluding hydrogens is 387 g/mol. The Kier molecular flexibility index (Phi) is 4.76. The van der Waals surface area contributed by atoms with Crippen LogP contribution in [0.1, 0.15) is 48.6 Å². The Balaban J connectivity index is 2.62. The molecular formula is C19H23IO2. The van der Waals surface area contributed by atoms with Crippen molar-refractivity contribution in [3.8, 4) is 11.5 Å². The molecule has 0 aliphatic rings. The first kappa shape index (κ1) is 17.1. The molecule has 0 spiro atoms. The largest absolute Gasteiger partial charge is 0.507 e. The van der Waals surface area contributed by atoms with E-state index in [4.69, 9.17) is 0 Å². The van der Waals surface area contributed by atoms with Crippen LogP contribution in [0.2, 0.25) is 0 Å². The summed E-state index contributed by atoms with van der Waals surface area (Å²) in [5, 5.41) is 20.1. The molecule has 0 bridgehead atoms. The molecule has 22 heavy (non-hydrogen) atoms. The normalized spacial score (nSPS) is 11.7. The van der Waals surface area contributed by atoms with Crippen molar-refractivity contribution >= 4 is 22.6 Å². The summed E-state index contributed by atoms with van der Waals surface area (Å²) in [6, 6.07) is 8.24. The van der Waals surface area contributed by atoms with Crippen LogP contribution in [0, 0.1) is 17.4 Å². The molecule has 0 heterocycles. The Hall–Kier alpha value is -1.23. The predicted octanol–water partition coefficient (Wildman–Crippen LogP) is 5.21. The maximum Gasteiger partial charge on any atom is 0.132 e. The average molecular weight is 410 g/mol. The molecule has 2 aromatic carbocycles. The van der Waals surface area contributed by atoms with Crippen LogP contribution in [0.4, 0.5) is 0 Å². The van der Waals surface area contributed by atoms with Gasteiger partial charge in [0.1, 0.15) is 11.5 Å². The fourth-order valence-electron chi connectivity index (χ4n) is 2.77. The minimum Gasteiger partial charge on any atom is -0.507 e. The van der Waals surface area contributed by atoms with Gasteiger partial charge in [0.25, 0.3) is 0 Å². The molecule has 0 aliphatic carbocycles. The molecule has 0 amide bonds. The van der Waals surface area contributed by atoms with Gasteiger partial charge in [-0.15, -0.1) is 0 Å². The van der Waals surface area contributed by atoms with Crippen LogP contribution in [0.25, 0.3) is 0 Å². The maximum absolute atomic E-state index is 10.1. The van der Waals surface area contributed by atoms with Crippen LogP contribution in [-0.2, 0) is 11.8 Å². The first-order chi connectivity index (χ1) is 10.2. The van der Waals surface area contributed by atoms with E-state index in [1.54, 1.807) is 0 Å². The Bertz CT molecular complexity index is 695. The molecule has 3 heteroatoms. The van der Waals surface area contributed by atoms with E-state index in [0.29, 0.717) is 11.5 Å². The number of benzene rings is 2. The van der Waals surface area contributed by atoms with E-state index in [1.165, 1.54) is 11.1 Å². The lowest BCUT2D eigenvalue weighted by atomic mass is 9.76. The Morgan fingerprint density at radius 3 is 1.91 bits per heavy atom. The quantitative estimate of drug-likeness (QED) is 0.683. The van der Waals surface area contributed by atoms with Crippen LogP contribution in [-0.4, -0.2) is 10.2 Å². The lowest BCUT2D eigenvalue weighted by Gasteiger charge is -2.28. The zero-order chi connectivity index (χ0) is 16.7. The highest BCUT2D eigenvalue weighted by Gasteiger charge is 2.26. The number of hydrogen-bond acceptors (Lipinski definition) is 2. The maximum atomic E-state index is 10.1. The number of halogens is 1. The summed E-state index contributed by atoms with van der Waals surface area (Å²) in [5.41, 5.74) is 4.92. The fraction of sp³-hybridized carbons (Fsp3) is 0.368. The van der Waals surface area contributed by atoms with Gasteiger partial charge in [-0.1, -0.05) is 39.0 Å². The molecule has 0 aromatic heterocycles. The second kappa shape index (κ2) is 6.11. The zero-order valence-electron chi connectivity index (χ0n) is 13.8. The van der Waals surface area contributed by atoms with Gasteiger partial charge in [0.05, 0.1) is 3.57 Å². The molecule has 0 unspecified atom stereocenters. The second-order valence-corrected chi connectivity index (χ2v) is 7.57. The highest BCUT2D eigenvalue weighted by atomic mass is 127. The van der Waals surface area contributed by atoms with Gasteiger partial charge in [-0.25, -0.2) is 0 Å². The summed E-state index contributed by atoms with van der Waals surface area (Å²) in [6.45, 7) is 10.3. The van der Waals surface area contributed by atoms with Gasteiger partial charge < -0.3 is 10.2 Å². The number of rotatable bonds is 3. The number of hydrogen-bond donors (Lipinski definition) is 2. The molecule has 0 atom stereocenters. The highest BCUT2D eigenvalue weighted by Crippen LogP contribution is 2.38. The van der Waals surface area contributed by atoms with E-state index < -0.39 is 0 Å². The third kappa shape index (κ3) is 2.96. The van der Waals surface area contributed by atoms with Gasteiger partial charge in [0.2, 0.25) is 0 Å². The predicted molar refractivity (Wildman–Crippen MR) is 99.9 cm³/mol. The van der Waals surface area contributed by atoms with Crippen molar-refractivity contribution in [1.82, 2.24) is 0 Å². The van der Waals surface area contributed by atoms with E-state index in [0.717, 1.165) is 26.7 Å². The molecule has 0 aliphatic heterocycles. The molecule has 2 N–H and O–H groups in total. The molecule has 0 saturated heterocycles. The van der Waals surface area contributed by atoms with Gasteiger partial charge in [0.15, 0.2) is 0 Å². The number of aryl methyl sites for hydroxylation is 3. The molecule has 0 radical (unpaired) electrons. The molecule has 0 fully saturated rings. The van der Waals surface area contributed by atoms with Gasteiger partial charge in [-0.05, 0) is 76.7 Å². The minimum absolute atomic E-state index is 0.194. The van der Waals surface area contributed by atoms with Crippen molar-refractivity contribution in [2.45, 2.75) is 46.5 Å². The van der Waals surface area contributed by atoms with Crippen molar-refractivity contribution in [3.63, 3.8) is 0 Å². The monoisotopic (exact) mass is 410 g/mol. The van der Waals surface area contributed by atoms with Crippen molar-refractivity contribution in [2.75, 3.05) is 0 Å². The molecule has 2 nitrogen and oxygen atoms in total. The smallest absolute Gasteiger partial charge is 0.132 e. The van der Waals surface area contributed by atoms with Crippen LogP contribution in [0.5, 0.6) is 11.5 Å². The van der Waals surface area contributed by atoms with Gasteiger partial charge >= 0.3 is 0 Å². The summed E-state index contributed by atoms with van der Waals surface area (Å²) in [7, 11) is 0. The van der Waals surface area contributed by atoms with E-state index in [9.17, 15) is 10.2 Å². The van der Waals surface area contributed by atoms with Crippen LogP contribution < -0.4 is 0 Å². The Morgan fingerprint density at radius 2 is 1.41 bits per heavy atom. The summed E-state index contributed by atoms with van der Waals surface area (Å²) in [6.07, 6.45) is 0.805. The van der Waals surface area contributed by atoms with E-state index in [2.05, 4.69) is 49.4 Å². The van der Waals surface area contributed by atoms with Gasteiger partial charge in [-0.3, -0.25) is 0 Å².